The summed E-state index contributed by atoms with van der Waals surface area (Å²) in [5.41, 5.74) is -0.158. The van der Waals surface area contributed by atoms with Crippen LogP contribution in [0, 0.1) is 17.6 Å². The SMILES string of the molecule is CCC(CC)C(=O)c1cc(F)c(Br)cc1F. The first-order valence-corrected chi connectivity index (χ1v) is 5.99. The van der Waals surface area contributed by atoms with E-state index in [9.17, 15) is 13.6 Å². The highest BCUT2D eigenvalue weighted by Gasteiger charge is 2.21. The fourth-order valence-corrected chi connectivity index (χ4v) is 1.91. The Labute approximate surface area is 102 Å². The average molecular weight is 291 g/mol. The maximum atomic E-state index is 13.5. The minimum Gasteiger partial charge on any atom is -0.294 e. The normalized spacial score (nSPS) is 10.9. The zero-order valence-corrected chi connectivity index (χ0v) is 10.8. The van der Waals surface area contributed by atoms with Crippen molar-refractivity contribution in [2.75, 3.05) is 0 Å². The molecule has 0 bridgehead atoms. The summed E-state index contributed by atoms with van der Waals surface area (Å²) in [6.45, 7) is 3.72. The van der Waals surface area contributed by atoms with Crippen molar-refractivity contribution >= 4 is 21.7 Å². The van der Waals surface area contributed by atoms with Gasteiger partial charge in [0.25, 0.3) is 0 Å². The van der Waals surface area contributed by atoms with Crippen LogP contribution >= 0.6 is 15.9 Å². The molecule has 0 fully saturated rings. The minimum atomic E-state index is -0.676. The van der Waals surface area contributed by atoms with E-state index >= 15 is 0 Å². The van der Waals surface area contributed by atoms with Crippen molar-refractivity contribution in [1.82, 2.24) is 0 Å². The minimum absolute atomic E-state index is 0.0334. The van der Waals surface area contributed by atoms with E-state index in [0.717, 1.165) is 12.1 Å². The van der Waals surface area contributed by atoms with Crippen LogP contribution in [0.3, 0.4) is 0 Å². The van der Waals surface area contributed by atoms with Gasteiger partial charge in [-0.3, -0.25) is 4.79 Å². The predicted molar refractivity (Wildman–Crippen MR) is 62.5 cm³/mol. The molecule has 0 aliphatic heterocycles. The molecule has 88 valence electrons. The van der Waals surface area contributed by atoms with Crippen molar-refractivity contribution in [3.05, 3.63) is 33.8 Å². The van der Waals surface area contributed by atoms with Crippen molar-refractivity contribution in [2.24, 2.45) is 5.92 Å². The molecular formula is C12H13BrF2O. The summed E-state index contributed by atoms with van der Waals surface area (Å²) in [6, 6.07) is 1.95. The highest BCUT2D eigenvalue weighted by molar-refractivity contribution is 9.10. The quantitative estimate of drug-likeness (QED) is 0.595. The van der Waals surface area contributed by atoms with E-state index in [0.29, 0.717) is 12.8 Å². The van der Waals surface area contributed by atoms with E-state index in [4.69, 9.17) is 0 Å². The van der Waals surface area contributed by atoms with Crippen LogP contribution in [0.2, 0.25) is 0 Å². The lowest BCUT2D eigenvalue weighted by Crippen LogP contribution is -2.15. The second-order valence-corrected chi connectivity index (χ2v) is 4.48. The molecule has 0 aromatic heterocycles. The molecule has 0 saturated heterocycles. The third kappa shape index (κ3) is 2.67. The van der Waals surface area contributed by atoms with Crippen molar-refractivity contribution in [3.8, 4) is 0 Å². The molecule has 4 heteroatoms. The standard InChI is InChI=1S/C12H13BrF2O/c1-3-7(4-2)12(16)8-5-11(15)9(13)6-10(8)14/h5-7H,3-4H2,1-2H3. The van der Waals surface area contributed by atoms with Crippen molar-refractivity contribution in [3.63, 3.8) is 0 Å². The molecule has 0 unspecified atom stereocenters. The highest BCUT2D eigenvalue weighted by Crippen LogP contribution is 2.23. The summed E-state index contributed by atoms with van der Waals surface area (Å²) < 4.78 is 26.8. The molecule has 1 nitrogen and oxygen atoms in total. The van der Waals surface area contributed by atoms with Crippen LogP contribution in [-0.2, 0) is 0 Å². The summed E-state index contributed by atoms with van der Waals surface area (Å²) >= 11 is 2.87. The fourth-order valence-electron chi connectivity index (χ4n) is 1.59. The van der Waals surface area contributed by atoms with Gasteiger partial charge in [-0.25, -0.2) is 8.78 Å². The van der Waals surface area contributed by atoms with Gasteiger partial charge in [-0.15, -0.1) is 0 Å². The molecule has 0 aliphatic rings. The van der Waals surface area contributed by atoms with Gasteiger partial charge >= 0.3 is 0 Å². The Kier molecular flexibility index (Phi) is 4.59. The predicted octanol–water partition coefficient (Wildman–Crippen LogP) is 4.35. The van der Waals surface area contributed by atoms with Gasteiger partial charge in [-0.2, -0.15) is 0 Å². The first-order chi connectivity index (χ1) is 7.51. The lowest BCUT2D eigenvalue weighted by molar-refractivity contribution is 0.0908. The van der Waals surface area contributed by atoms with E-state index in [1.807, 2.05) is 13.8 Å². The Morgan fingerprint density at radius 1 is 1.25 bits per heavy atom. The first kappa shape index (κ1) is 13.3. The summed E-state index contributed by atoms with van der Waals surface area (Å²) in [5.74, 6) is -1.86. The monoisotopic (exact) mass is 290 g/mol. The second kappa shape index (κ2) is 5.53. The second-order valence-electron chi connectivity index (χ2n) is 3.62. The number of rotatable bonds is 4. The third-order valence-electron chi connectivity index (χ3n) is 2.63. The zero-order valence-electron chi connectivity index (χ0n) is 9.19. The molecule has 0 atom stereocenters. The lowest BCUT2D eigenvalue weighted by Gasteiger charge is -2.12. The van der Waals surface area contributed by atoms with Crippen molar-refractivity contribution in [1.29, 1.82) is 0 Å². The number of hydrogen-bond donors (Lipinski definition) is 0. The molecule has 0 spiro atoms. The number of carbonyl (C=O) groups excluding carboxylic acids is 1. The molecule has 0 N–H and O–H groups in total. The van der Waals surface area contributed by atoms with E-state index in [2.05, 4.69) is 15.9 Å². The maximum Gasteiger partial charge on any atom is 0.168 e. The molecular weight excluding hydrogens is 278 g/mol. The van der Waals surface area contributed by atoms with E-state index in [1.165, 1.54) is 0 Å². The Morgan fingerprint density at radius 3 is 2.31 bits per heavy atom. The van der Waals surface area contributed by atoms with Gasteiger partial charge in [0.2, 0.25) is 0 Å². The Balaban J connectivity index is 3.13. The fraction of sp³-hybridized carbons (Fsp3) is 0.417. The van der Waals surface area contributed by atoms with E-state index < -0.39 is 11.6 Å². The van der Waals surface area contributed by atoms with Crippen LogP contribution in [0.4, 0.5) is 8.78 Å². The van der Waals surface area contributed by atoms with Crippen molar-refractivity contribution < 1.29 is 13.6 Å². The number of carbonyl (C=O) groups is 1. The van der Waals surface area contributed by atoms with Gasteiger partial charge in [0.1, 0.15) is 11.6 Å². The number of Topliss-reactive ketones (excluding diaryl/α,β-unsaturated/α-hetero) is 1. The maximum absolute atomic E-state index is 13.5. The van der Waals surface area contributed by atoms with Crippen molar-refractivity contribution in [2.45, 2.75) is 26.7 Å². The molecule has 0 radical (unpaired) electrons. The Morgan fingerprint density at radius 2 is 1.81 bits per heavy atom. The van der Waals surface area contributed by atoms with Crippen LogP contribution in [0.25, 0.3) is 0 Å². The summed E-state index contributed by atoms with van der Waals surface area (Å²) in [7, 11) is 0. The van der Waals surface area contributed by atoms with E-state index in [-0.39, 0.29) is 21.7 Å². The molecule has 16 heavy (non-hydrogen) atoms. The molecule has 1 aromatic carbocycles. The average Bonchev–Trinajstić information content (AvgIpc) is 2.25. The van der Waals surface area contributed by atoms with Gasteiger partial charge in [0.15, 0.2) is 5.78 Å². The number of ketones is 1. The Bertz CT molecular complexity index is 400. The molecule has 1 rings (SSSR count). The van der Waals surface area contributed by atoms with Gasteiger partial charge < -0.3 is 0 Å². The molecule has 0 aliphatic carbocycles. The molecule has 1 aromatic rings. The largest absolute Gasteiger partial charge is 0.294 e. The smallest absolute Gasteiger partial charge is 0.168 e. The van der Waals surface area contributed by atoms with Gasteiger partial charge in [0.05, 0.1) is 10.0 Å². The van der Waals surface area contributed by atoms with Crippen LogP contribution in [0.1, 0.15) is 37.0 Å². The summed E-state index contributed by atoms with van der Waals surface area (Å²) in [4.78, 5) is 11.9. The lowest BCUT2D eigenvalue weighted by atomic mass is 9.93. The zero-order chi connectivity index (χ0) is 12.3. The molecule has 0 amide bonds. The first-order valence-electron chi connectivity index (χ1n) is 5.20. The van der Waals surface area contributed by atoms with Gasteiger partial charge in [-0.05, 0) is 40.9 Å². The molecule has 0 heterocycles. The van der Waals surface area contributed by atoms with Crippen LogP contribution in [0.15, 0.2) is 16.6 Å². The van der Waals surface area contributed by atoms with Crippen LogP contribution in [0.5, 0.6) is 0 Å². The molecule has 0 saturated carbocycles. The highest BCUT2D eigenvalue weighted by atomic mass is 79.9. The third-order valence-corrected chi connectivity index (χ3v) is 3.24. The van der Waals surface area contributed by atoms with Gasteiger partial charge in [-0.1, -0.05) is 13.8 Å². The summed E-state index contributed by atoms with van der Waals surface area (Å²) in [5, 5.41) is 0. The number of halogens is 3. The summed E-state index contributed by atoms with van der Waals surface area (Å²) in [6.07, 6.45) is 1.26. The van der Waals surface area contributed by atoms with Gasteiger partial charge in [0, 0.05) is 5.92 Å². The number of hydrogen-bond acceptors (Lipinski definition) is 1. The van der Waals surface area contributed by atoms with E-state index in [1.54, 1.807) is 0 Å². The van der Waals surface area contributed by atoms with Crippen LogP contribution in [-0.4, -0.2) is 5.78 Å². The van der Waals surface area contributed by atoms with Crippen LogP contribution < -0.4 is 0 Å². The number of benzene rings is 1. The Hall–Kier alpha value is -0.770. The topological polar surface area (TPSA) is 17.1 Å².